The number of hydrogen-bond donors (Lipinski definition) is 3. The highest BCUT2D eigenvalue weighted by atomic mass is 32.2. The molecule has 34 heavy (non-hydrogen) atoms. The van der Waals surface area contributed by atoms with Gasteiger partial charge in [-0.25, -0.2) is 17.8 Å². The fraction of sp³-hybridized carbons (Fsp3) is 0.435. The Kier molecular flexibility index (Phi) is 5.67. The lowest BCUT2D eigenvalue weighted by atomic mass is 9.88. The maximum absolute atomic E-state index is 14.6. The van der Waals surface area contributed by atoms with Crippen molar-refractivity contribution in [2.75, 3.05) is 34.3 Å². The van der Waals surface area contributed by atoms with Crippen LogP contribution in [0, 0.1) is 23.6 Å². The third-order valence-corrected chi connectivity index (χ3v) is 7.93. The van der Waals surface area contributed by atoms with Gasteiger partial charge in [-0.2, -0.15) is 4.98 Å². The van der Waals surface area contributed by atoms with Crippen LogP contribution in [-0.4, -0.2) is 49.7 Å². The molecule has 5 rings (SSSR count). The molecule has 2 aromatic rings. The SMILES string of the molecule is CCNC(=O)C1C2C=CC(C2)C1Nc1nc(Nc2ccc3c(c2)CCN3S(C)(=O)=O)ncc1F. The number of allylic oxidation sites excluding steroid dienone is 1. The number of carbonyl (C=O) groups is 1. The number of carbonyl (C=O) groups excluding carboxylic acids is 1. The van der Waals surface area contributed by atoms with Gasteiger partial charge in [0.05, 0.1) is 24.1 Å². The molecule has 180 valence electrons. The Labute approximate surface area is 197 Å². The number of aromatic nitrogens is 2. The molecule has 2 aliphatic carbocycles. The van der Waals surface area contributed by atoms with Crippen molar-refractivity contribution in [2.45, 2.75) is 25.8 Å². The standard InChI is InChI=1S/C23H27FN6O3S/c1-3-25-22(31)19-14-4-5-15(10-14)20(19)28-21-17(24)12-26-23(29-21)27-16-6-7-18-13(11-16)8-9-30(18)34(2,32)33/h4-7,11-12,14-15,19-20H,3,8-10H2,1-2H3,(H,25,31)(H2,26,27,28,29). The zero-order chi connectivity index (χ0) is 24.0. The van der Waals surface area contributed by atoms with E-state index >= 15 is 0 Å². The Bertz CT molecular complexity index is 1270. The molecule has 1 amide bonds. The first-order valence-electron chi connectivity index (χ1n) is 11.4. The van der Waals surface area contributed by atoms with Crippen LogP contribution in [0.4, 0.5) is 27.5 Å². The van der Waals surface area contributed by atoms with Crippen LogP contribution in [0.1, 0.15) is 18.9 Å². The van der Waals surface area contributed by atoms with E-state index in [-0.39, 0.29) is 41.5 Å². The van der Waals surface area contributed by atoms with Crippen molar-refractivity contribution in [3.05, 3.63) is 47.9 Å². The molecule has 2 heterocycles. The number of anilines is 4. The number of nitrogens with zero attached hydrogens (tertiary/aromatic N) is 3. The molecule has 1 fully saturated rings. The molecule has 1 aliphatic heterocycles. The van der Waals surface area contributed by atoms with Crippen molar-refractivity contribution in [2.24, 2.45) is 17.8 Å². The minimum absolute atomic E-state index is 0.0362. The van der Waals surface area contributed by atoms with E-state index in [1.807, 2.05) is 13.0 Å². The van der Waals surface area contributed by atoms with Gasteiger partial charge in [0.2, 0.25) is 21.9 Å². The number of sulfonamides is 1. The Balaban J connectivity index is 1.35. The molecule has 0 spiro atoms. The molecule has 2 bridgehead atoms. The summed E-state index contributed by atoms with van der Waals surface area (Å²) in [5, 5.41) is 9.13. The van der Waals surface area contributed by atoms with Crippen molar-refractivity contribution in [3.8, 4) is 0 Å². The molecule has 1 aromatic carbocycles. The lowest BCUT2D eigenvalue weighted by molar-refractivity contribution is -0.125. The van der Waals surface area contributed by atoms with E-state index in [1.165, 1.54) is 10.6 Å². The number of rotatable bonds is 7. The number of nitrogens with one attached hydrogen (secondary N) is 3. The van der Waals surface area contributed by atoms with Crippen LogP contribution >= 0.6 is 0 Å². The predicted molar refractivity (Wildman–Crippen MR) is 128 cm³/mol. The third-order valence-electron chi connectivity index (χ3n) is 6.75. The van der Waals surface area contributed by atoms with Crippen LogP contribution in [0.3, 0.4) is 0 Å². The van der Waals surface area contributed by atoms with E-state index in [0.29, 0.717) is 30.9 Å². The van der Waals surface area contributed by atoms with Crippen LogP contribution in [0.2, 0.25) is 0 Å². The molecular weight excluding hydrogens is 459 g/mol. The largest absolute Gasteiger partial charge is 0.363 e. The Morgan fingerprint density at radius 3 is 2.82 bits per heavy atom. The smallest absolute Gasteiger partial charge is 0.232 e. The predicted octanol–water partition coefficient (Wildman–Crippen LogP) is 2.42. The highest BCUT2D eigenvalue weighted by Gasteiger charge is 2.48. The molecule has 1 aromatic heterocycles. The average molecular weight is 487 g/mol. The van der Waals surface area contributed by atoms with Gasteiger partial charge in [0.25, 0.3) is 0 Å². The van der Waals surface area contributed by atoms with Crippen LogP contribution < -0.4 is 20.3 Å². The van der Waals surface area contributed by atoms with Crippen molar-refractivity contribution in [3.63, 3.8) is 0 Å². The van der Waals surface area contributed by atoms with Crippen LogP contribution in [0.5, 0.6) is 0 Å². The molecule has 3 N–H and O–H groups in total. The Morgan fingerprint density at radius 1 is 1.26 bits per heavy atom. The van der Waals surface area contributed by atoms with Gasteiger partial charge in [-0.05, 0) is 55.4 Å². The zero-order valence-corrected chi connectivity index (χ0v) is 19.8. The van der Waals surface area contributed by atoms with Gasteiger partial charge >= 0.3 is 0 Å². The lowest BCUT2D eigenvalue weighted by Crippen LogP contribution is -2.43. The lowest BCUT2D eigenvalue weighted by Gasteiger charge is -2.28. The van der Waals surface area contributed by atoms with Gasteiger partial charge in [-0.1, -0.05) is 12.2 Å². The van der Waals surface area contributed by atoms with Crippen LogP contribution in [-0.2, 0) is 21.2 Å². The zero-order valence-electron chi connectivity index (χ0n) is 19.0. The number of fused-ring (bicyclic) bond motifs is 3. The summed E-state index contributed by atoms with van der Waals surface area (Å²) in [5.41, 5.74) is 2.24. The van der Waals surface area contributed by atoms with Crippen LogP contribution in [0.25, 0.3) is 0 Å². The Hall–Kier alpha value is -3.21. The Morgan fingerprint density at radius 2 is 2.06 bits per heavy atom. The fourth-order valence-corrected chi connectivity index (χ4v) is 6.24. The number of halogens is 1. The minimum atomic E-state index is -3.32. The molecule has 0 radical (unpaired) electrons. The quantitative estimate of drug-likeness (QED) is 0.515. The minimum Gasteiger partial charge on any atom is -0.363 e. The van der Waals surface area contributed by atoms with E-state index in [2.05, 4.69) is 38.1 Å². The van der Waals surface area contributed by atoms with Crippen molar-refractivity contribution in [1.82, 2.24) is 15.3 Å². The van der Waals surface area contributed by atoms with Crippen molar-refractivity contribution in [1.29, 1.82) is 0 Å². The summed E-state index contributed by atoms with van der Waals surface area (Å²) in [6.45, 7) is 2.83. The van der Waals surface area contributed by atoms with E-state index in [0.717, 1.165) is 18.2 Å². The molecular formula is C23H27FN6O3S. The highest BCUT2D eigenvalue weighted by molar-refractivity contribution is 7.92. The summed E-state index contributed by atoms with van der Waals surface area (Å²) < 4.78 is 39.9. The molecule has 0 saturated heterocycles. The fourth-order valence-electron chi connectivity index (χ4n) is 5.28. The first-order chi connectivity index (χ1) is 16.2. The van der Waals surface area contributed by atoms with Crippen molar-refractivity contribution >= 4 is 39.1 Å². The summed E-state index contributed by atoms with van der Waals surface area (Å²) in [4.78, 5) is 21.0. The first-order valence-corrected chi connectivity index (χ1v) is 13.2. The second-order valence-corrected chi connectivity index (χ2v) is 10.9. The summed E-state index contributed by atoms with van der Waals surface area (Å²) in [5.74, 6) is -0.393. The normalized spacial score (nSPS) is 24.9. The van der Waals surface area contributed by atoms with Gasteiger partial charge in [0.1, 0.15) is 0 Å². The van der Waals surface area contributed by atoms with E-state index in [9.17, 15) is 17.6 Å². The van der Waals surface area contributed by atoms with E-state index in [4.69, 9.17) is 0 Å². The molecule has 9 nitrogen and oxygen atoms in total. The van der Waals surface area contributed by atoms with Gasteiger partial charge in [-0.3, -0.25) is 9.10 Å². The van der Waals surface area contributed by atoms with E-state index < -0.39 is 15.8 Å². The maximum Gasteiger partial charge on any atom is 0.232 e. The van der Waals surface area contributed by atoms with Crippen molar-refractivity contribution < 1.29 is 17.6 Å². The molecule has 3 aliphatic rings. The second kappa shape index (κ2) is 8.53. The van der Waals surface area contributed by atoms with E-state index in [1.54, 1.807) is 12.1 Å². The topological polar surface area (TPSA) is 116 Å². The summed E-state index contributed by atoms with van der Waals surface area (Å²) in [6, 6.07) is 5.09. The third kappa shape index (κ3) is 4.08. The van der Waals surface area contributed by atoms with Gasteiger partial charge in [0, 0.05) is 24.8 Å². The van der Waals surface area contributed by atoms with Gasteiger partial charge in [-0.15, -0.1) is 0 Å². The monoisotopic (exact) mass is 486 g/mol. The number of hydrogen-bond acceptors (Lipinski definition) is 7. The second-order valence-electron chi connectivity index (χ2n) is 8.98. The molecule has 11 heteroatoms. The molecule has 1 saturated carbocycles. The summed E-state index contributed by atoms with van der Waals surface area (Å²) in [7, 11) is -3.32. The number of benzene rings is 1. The molecule has 4 atom stereocenters. The number of amides is 1. The highest BCUT2D eigenvalue weighted by Crippen LogP contribution is 2.45. The maximum atomic E-state index is 14.6. The van der Waals surface area contributed by atoms with Gasteiger partial charge in [0.15, 0.2) is 11.6 Å². The summed E-state index contributed by atoms with van der Waals surface area (Å²) >= 11 is 0. The van der Waals surface area contributed by atoms with Crippen LogP contribution in [0.15, 0.2) is 36.5 Å². The molecule has 4 unspecified atom stereocenters. The van der Waals surface area contributed by atoms with Gasteiger partial charge < -0.3 is 16.0 Å². The first kappa shape index (κ1) is 22.6. The average Bonchev–Trinajstić information content (AvgIpc) is 3.50. The summed E-state index contributed by atoms with van der Waals surface area (Å²) in [6.07, 6.45) is 7.91.